The number of hydrogen-bond acceptors (Lipinski definition) is 5. The summed E-state index contributed by atoms with van der Waals surface area (Å²) in [6.07, 6.45) is 1.92. The van der Waals surface area contributed by atoms with E-state index in [1.165, 1.54) is 10.8 Å². The molecule has 1 atom stereocenters. The largest absolute Gasteiger partial charge is 0.449 e. The van der Waals surface area contributed by atoms with Crippen LogP contribution in [-0.4, -0.2) is 22.7 Å². The molecule has 2 aromatic carbocycles. The van der Waals surface area contributed by atoms with Gasteiger partial charge in [-0.25, -0.2) is 9.78 Å². The lowest BCUT2D eigenvalue weighted by Crippen LogP contribution is -2.17. The van der Waals surface area contributed by atoms with E-state index in [2.05, 4.69) is 65.6 Å². The third-order valence-electron chi connectivity index (χ3n) is 4.45. The van der Waals surface area contributed by atoms with E-state index < -0.39 is 6.09 Å². The second-order valence-corrected chi connectivity index (χ2v) is 7.14. The van der Waals surface area contributed by atoms with Gasteiger partial charge in [-0.3, -0.25) is 5.32 Å². The Morgan fingerprint density at radius 3 is 2.68 bits per heavy atom. The highest BCUT2D eigenvalue weighted by atomic mass is 16.5. The highest BCUT2D eigenvalue weighted by Crippen LogP contribution is 2.26. The first-order valence-electron chi connectivity index (χ1n) is 9.54. The summed E-state index contributed by atoms with van der Waals surface area (Å²) in [6.45, 7) is 6.62. The fourth-order valence-corrected chi connectivity index (χ4v) is 2.93. The second kappa shape index (κ2) is 9.17. The molecule has 0 aliphatic heterocycles. The monoisotopic (exact) mass is 378 g/mol. The number of ether oxygens (including phenoxy) is 1. The van der Waals surface area contributed by atoms with Crippen LogP contribution in [0.15, 0.2) is 54.7 Å². The van der Waals surface area contributed by atoms with E-state index in [1.54, 1.807) is 12.3 Å². The number of carbonyl (C=O) groups excluding carboxylic acids is 1. The zero-order valence-corrected chi connectivity index (χ0v) is 16.5. The van der Waals surface area contributed by atoms with E-state index in [0.717, 1.165) is 12.0 Å². The SMILES string of the molecule is CC(C)CCOC(=O)Nc1ccnc(NC(C)c2cccc3ccccc23)n1. The van der Waals surface area contributed by atoms with Gasteiger partial charge in [0.05, 0.1) is 12.6 Å². The molecule has 0 fully saturated rings. The van der Waals surface area contributed by atoms with Gasteiger partial charge in [-0.05, 0) is 41.7 Å². The van der Waals surface area contributed by atoms with Crippen molar-refractivity contribution in [1.82, 2.24) is 9.97 Å². The Labute approximate surface area is 165 Å². The molecule has 6 heteroatoms. The van der Waals surface area contributed by atoms with Crippen LogP contribution < -0.4 is 10.6 Å². The van der Waals surface area contributed by atoms with Crippen molar-refractivity contribution in [2.75, 3.05) is 17.2 Å². The van der Waals surface area contributed by atoms with Crippen LogP contribution in [0.1, 0.15) is 38.8 Å². The smallest absolute Gasteiger partial charge is 0.412 e. The minimum Gasteiger partial charge on any atom is -0.449 e. The van der Waals surface area contributed by atoms with Gasteiger partial charge < -0.3 is 10.1 Å². The standard InChI is InChI=1S/C22H26N4O2/c1-15(2)12-14-28-22(27)26-20-11-13-23-21(25-20)24-16(3)18-10-6-8-17-7-4-5-9-19(17)18/h4-11,13,15-16H,12,14H2,1-3H3,(H2,23,24,25,26,27). The third-order valence-corrected chi connectivity index (χ3v) is 4.45. The lowest BCUT2D eigenvalue weighted by Gasteiger charge is -2.17. The van der Waals surface area contributed by atoms with E-state index in [1.807, 2.05) is 18.2 Å². The fourth-order valence-electron chi connectivity index (χ4n) is 2.93. The normalized spacial score (nSPS) is 12.0. The zero-order valence-electron chi connectivity index (χ0n) is 16.5. The van der Waals surface area contributed by atoms with Crippen molar-refractivity contribution in [2.24, 2.45) is 5.92 Å². The molecule has 0 aliphatic carbocycles. The molecule has 0 saturated carbocycles. The Kier molecular flexibility index (Phi) is 6.42. The molecule has 0 saturated heterocycles. The molecule has 6 nitrogen and oxygen atoms in total. The van der Waals surface area contributed by atoms with E-state index in [0.29, 0.717) is 24.3 Å². The quantitative estimate of drug-likeness (QED) is 0.576. The number of amides is 1. The van der Waals surface area contributed by atoms with Crippen molar-refractivity contribution >= 4 is 28.6 Å². The van der Waals surface area contributed by atoms with E-state index in [9.17, 15) is 4.79 Å². The summed E-state index contributed by atoms with van der Waals surface area (Å²) in [7, 11) is 0. The molecule has 28 heavy (non-hydrogen) atoms. The van der Waals surface area contributed by atoms with Crippen molar-refractivity contribution in [1.29, 1.82) is 0 Å². The van der Waals surface area contributed by atoms with Crippen LogP contribution in [0.5, 0.6) is 0 Å². The first kappa shape index (κ1) is 19.6. The molecule has 3 rings (SSSR count). The topological polar surface area (TPSA) is 76.1 Å². The number of fused-ring (bicyclic) bond motifs is 1. The molecule has 1 amide bonds. The summed E-state index contributed by atoms with van der Waals surface area (Å²) in [5, 5.41) is 8.33. The maximum atomic E-state index is 11.9. The average Bonchev–Trinajstić information content (AvgIpc) is 2.67. The van der Waals surface area contributed by atoms with Crippen LogP contribution in [0.4, 0.5) is 16.6 Å². The average molecular weight is 378 g/mol. The van der Waals surface area contributed by atoms with Crippen LogP contribution in [0, 0.1) is 5.92 Å². The second-order valence-electron chi connectivity index (χ2n) is 7.14. The summed E-state index contributed by atoms with van der Waals surface area (Å²) in [4.78, 5) is 20.5. The van der Waals surface area contributed by atoms with Gasteiger partial charge >= 0.3 is 6.09 Å². The molecule has 0 spiro atoms. The van der Waals surface area contributed by atoms with Crippen molar-refractivity contribution in [3.05, 3.63) is 60.3 Å². The Hall–Kier alpha value is -3.15. The van der Waals surface area contributed by atoms with E-state index >= 15 is 0 Å². The first-order valence-corrected chi connectivity index (χ1v) is 9.54. The number of aromatic nitrogens is 2. The van der Waals surface area contributed by atoms with Gasteiger partial charge in [0.1, 0.15) is 5.82 Å². The van der Waals surface area contributed by atoms with Crippen LogP contribution in [0.3, 0.4) is 0 Å². The molecule has 2 N–H and O–H groups in total. The van der Waals surface area contributed by atoms with Gasteiger partial charge in [-0.2, -0.15) is 4.98 Å². The molecule has 146 valence electrons. The van der Waals surface area contributed by atoms with Crippen LogP contribution >= 0.6 is 0 Å². The van der Waals surface area contributed by atoms with Crippen LogP contribution in [-0.2, 0) is 4.74 Å². The number of anilines is 2. The van der Waals surface area contributed by atoms with Gasteiger partial charge in [0.25, 0.3) is 0 Å². The predicted octanol–water partition coefficient (Wildman–Crippen LogP) is 5.40. The maximum absolute atomic E-state index is 11.9. The minimum atomic E-state index is -0.507. The summed E-state index contributed by atoms with van der Waals surface area (Å²) in [5.74, 6) is 1.33. The highest BCUT2D eigenvalue weighted by Gasteiger charge is 2.12. The number of benzene rings is 2. The van der Waals surface area contributed by atoms with Crippen molar-refractivity contribution in [3.8, 4) is 0 Å². The zero-order chi connectivity index (χ0) is 19.9. The summed E-state index contributed by atoms with van der Waals surface area (Å²) in [6, 6.07) is 16.1. The fraction of sp³-hybridized carbons (Fsp3) is 0.318. The molecule has 1 unspecified atom stereocenters. The molecule has 1 heterocycles. The minimum absolute atomic E-state index is 0.000608. The van der Waals surface area contributed by atoms with Crippen molar-refractivity contribution < 1.29 is 9.53 Å². The molecule has 3 aromatic rings. The summed E-state index contributed by atoms with van der Waals surface area (Å²) in [5.41, 5.74) is 1.16. The Bertz CT molecular complexity index is 937. The van der Waals surface area contributed by atoms with Gasteiger partial charge in [0.15, 0.2) is 0 Å². The molecule has 0 aliphatic rings. The van der Waals surface area contributed by atoms with Crippen molar-refractivity contribution in [2.45, 2.75) is 33.2 Å². The van der Waals surface area contributed by atoms with E-state index in [4.69, 9.17) is 4.74 Å². The molecule has 1 aromatic heterocycles. The van der Waals surface area contributed by atoms with Gasteiger partial charge in [-0.1, -0.05) is 56.3 Å². The third kappa shape index (κ3) is 5.19. The molecular formula is C22H26N4O2. The maximum Gasteiger partial charge on any atom is 0.412 e. The number of carbonyl (C=O) groups is 1. The Morgan fingerprint density at radius 1 is 1.07 bits per heavy atom. The van der Waals surface area contributed by atoms with Crippen molar-refractivity contribution in [3.63, 3.8) is 0 Å². The van der Waals surface area contributed by atoms with Gasteiger partial charge in [-0.15, -0.1) is 0 Å². The molecule has 0 bridgehead atoms. The van der Waals surface area contributed by atoms with Crippen LogP contribution in [0.25, 0.3) is 10.8 Å². The summed E-state index contributed by atoms with van der Waals surface area (Å²) >= 11 is 0. The highest BCUT2D eigenvalue weighted by molar-refractivity contribution is 5.86. The summed E-state index contributed by atoms with van der Waals surface area (Å²) < 4.78 is 5.16. The Morgan fingerprint density at radius 2 is 1.86 bits per heavy atom. The number of rotatable bonds is 7. The van der Waals surface area contributed by atoms with E-state index in [-0.39, 0.29) is 6.04 Å². The first-order chi connectivity index (χ1) is 13.5. The molecule has 0 radical (unpaired) electrons. The number of nitrogens with one attached hydrogen (secondary N) is 2. The number of nitrogens with zero attached hydrogens (tertiary/aromatic N) is 2. The molecular weight excluding hydrogens is 352 g/mol. The lowest BCUT2D eigenvalue weighted by molar-refractivity contribution is 0.155. The Balaban J connectivity index is 1.66. The van der Waals surface area contributed by atoms with Gasteiger partial charge in [0.2, 0.25) is 5.95 Å². The lowest BCUT2D eigenvalue weighted by atomic mass is 10.00. The number of hydrogen-bond donors (Lipinski definition) is 2. The van der Waals surface area contributed by atoms with Crippen LogP contribution in [0.2, 0.25) is 0 Å². The predicted molar refractivity (Wildman–Crippen MR) is 112 cm³/mol. The van der Waals surface area contributed by atoms with Gasteiger partial charge in [0, 0.05) is 6.20 Å².